The van der Waals surface area contributed by atoms with Crippen LogP contribution in [0.3, 0.4) is 0 Å². The number of carbonyl (C=O) groups is 2. The summed E-state index contributed by atoms with van der Waals surface area (Å²) >= 11 is 0. The van der Waals surface area contributed by atoms with Gasteiger partial charge in [0.05, 0.1) is 17.6 Å². The molecule has 0 unspecified atom stereocenters. The number of methoxy groups -OCH3 is 1. The van der Waals surface area contributed by atoms with Crippen molar-refractivity contribution >= 4 is 35.0 Å². The molecule has 0 bridgehead atoms. The summed E-state index contributed by atoms with van der Waals surface area (Å²) < 4.78 is 10.9. The van der Waals surface area contributed by atoms with Gasteiger partial charge in [-0.1, -0.05) is 12.1 Å². The molecule has 1 aliphatic heterocycles. The lowest BCUT2D eigenvalue weighted by Crippen LogP contribution is -2.48. The molecule has 3 aromatic carbocycles. The van der Waals surface area contributed by atoms with Gasteiger partial charge in [0.1, 0.15) is 17.3 Å². The number of benzene rings is 3. The average Bonchev–Trinajstić information content (AvgIpc) is 3.49. The molecular formula is C31H28N4O6. The molecule has 208 valence electrons. The third-order valence-electron chi connectivity index (χ3n) is 6.80. The fourth-order valence-corrected chi connectivity index (χ4v) is 4.61. The third-order valence-corrected chi connectivity index (χ3v) is 6.80. The number of para-hydroxylation sites is 1. The number of nitrogens with one attached hydrogen (secondary N) is 1. The third kappa shape index (κ3) is 6.44. The highest BCUT2D eigenvalue weighted by atomic mass is 16.6. The van der Waals surface area contributed by atoms with Gasteiger partial charge in [-0.25, -0.2) is 0 Å². The van der Waals surface area contributed by atoms with Crippen LogP contribution < -0.4 is 15.0 Å². The predicted octanol–water partition coefficient (Wildman–Crippen LogP) is 5.48. The lowest BCUT2D eigenvalue weighted by Gasteiger charge is -2.36. The quantitative estimate of drug-likeness (QED) is 0.175. The van der Waals surface area contributed by atoms with Crippen LogP contribution in [0.2, 0.25) is 0 Å². The molecule has 41 heavy (non-hydrogen) atoms. The maximum absolute atomic E-state index is 12.8. The number of nitro groups is 1. The van der Waals surface area contributed by atoms with Crippen molar-refractivity contribution in [1.29, 1.82) is 0 Å². The number of nitrogens with zero attached hydrogens (tertiary/aromatic N) is 3. The van der Waals surface area contributed by atoms with Crippen LogP contribution >= 0.6 is 0 Å². The van der Waals surface area contributed by atoms with E-state index in [0.717, 1.165) is 5.69 Å². The largest absolute Gasteiger partial charge is 0.497 e. The van der Waals surface area contributed by atoms with Crippen molar-refractivity contribution < 1.29 is 23.7 Å². The molecular weight excluding hydrogens is 524 g/mol. The van der Waals surface area contributed by atoms with E-state index < -0.39 is 4.92 Å². The highest BCUT2D eigenvalue weighted by Gasteiger charge is 2.22. The molecule has 0 atom stereocenters. The molecule has 5 rings (SSSR count). The summed E-state index contributed by atoms with van der Waals surface area (Å²) in [6.07, 6.45) is 2.85. The number of hydrogen-bond donors (Lipinski definition) is 1. The second-order valence-corrected chi connectivity index (χ2v) is 9.35. The van der Waals surface area contributed by atoms with Gasteiger partial charge >= 0.3 is 0 Å². The lowest BCUT2D eigenvalue weighted by molar-refractivity contribution is -0.384. The number of rotatable bonds is 8. The minimum absolute atomic E-state index is 0.00516. The van der Waals surface area contributed by atoms with Crippen molar-refractivity contribution in [2.75, 3.05) is 43.5 Å². The molecule has 0 spiro atoms. The number of nitro benzene ring substituents is 1. The van der Waals surface area contributed by atoms with E-state index in [2.05, 4.69) is 10.2 Å². The smallest absolute Gasteiger partial charge is 0.280 e. The molecule has 0 saturated carbocycles. The number of furan rings is 1. The predicted molar refractivity (Wildman–Crippen MR) is 156 cm³/mol. The molecule has 4 aromatic rings. The number of carbonyl (C=O) groups excluding carboxylic acids is 2. The lowest BCUT2D eigenvalue weighted by atomic mass is 10.1. The van der Waals surface area contributed by atoms with Gasteiger partial charge in [0.2, 0.25) is 5.91 Å². The molecule has 1 N–H and O–H groups in total. The van der Waals surface area contributed by atoms with Gasteiger partial charge in [-0.3, -0.25) is 19.7 Å². The number of ether oxygens (including phenoxy) is 1. The van der Waals surface area contributed by atoms with Crippen molar-refractivity contribution in [2.45, 2.75) is 0 Å². The molecule has 1 aromatic heterocycles. The zero-order valence-corrected chi connectivity index (χ0v) is 22.4. The molecule has 0 aliphatic carbocycles. The van der Waals surface area contributed by atoms with Crippen molar-refractivity contribution in [1.82, 2.24) is 4.90 Å². The van der Waals surface area contributed by atoms with E-state index in [1.54, 1.807) is 61.7 Å². The summed E-state index contributed by atoms with van der Waals surface area (Å²) in [5, 5.41) is 14.1. The maximum Gasteiger partial charge on any atom is 0.280 e. The number of piperazine rings is 1. The Hall–Kier alpha value is -5.38. The fourth-order valence-electron chi connectivity index (χ4n) is 4.61. The van der Waals surface area contributed by atoms with E-state index in [-0.39, 0.29) is 17.5 Å². The van der Waals surface area contributed by atoms with Gasteiger partial charge in [-0.05, 0) is 72.8 Å². The second kappa shape index (κ2) is 12.2. The van der Waals surface area contributed by atoms with Gasteiger partial charge in [-0.15, -0.1) is 0 Å². The number of hydrogen-bond acceptors (Lipinski definition) is 7. The van der Waals surface area contributed by atoms with Crippen LogP contribution in [0.1, 0.15) is 16.1 Å². The monoisotopic (exact) mass is 552 g/mol. The van der Waals surface area contributed by atoms with Gasteiger partial charge in [0.15, 0.2) is 0 Å². The Bertz CT molecular complexity index is 1570. The summed E-state index contributed by atoms with van der Waals surface area (Å²) in [4.78, 5) is 40.2. The van der Waals surface area contributed by atoms with Crippen LogP contribution in [0.4, 0.5) is 17.1 Å². The van der Waals surface area contributed by atoms with Crippen molar-refractivity contribution in [3.8, 4) is 17.1 Å². The first-order chi connectivity index (χ1) is 19.9. The maximum atomic E-state index is 12.8. The first-order valence-electron chi connectivity index (χ1n) is 13.0. The van der Waals surface area contributed by atoms with Crippen LogP contribution in [0.15, 0.2) is 95.4 Å². The summed E-state index contributed by atoms with van der Waals surface area (Å²) in [6, 6.07) is 24.3. The van der Waals surface area contributed by atoms with E-state index in [9.17, 15) is 19.7 Å². The minimum atomic E-state index is -0.461. The zero-order valence-electron chi connectivity index (χ0n) is 22.4. The standard InChI is InChI=1S/C31H28N4O6/c1-40-25-12-6-22(7-13-25)31(37)34-20-18-33(19-21-34)24-10-8-23(9-11-24)32-30(36)17-15-26-14-16-29(41-26)27-4-2-3-5-28(27)35(38)39/h2-17H,18-21H2,1H3,(H,32,36)/b17-15+. The normalized spacial score (nSPS) is 13.3. The topological polar surface area (TPSA) is 118 Å². The molecule has 2 heterocycles. The SMILES string of the molecule is COc1ccc(C(=O)N2CCN(c3ccc(NC(=O)/C=C/c4ccc(-c5ccccc5[N+](=O)[O-])o4)cc3)CC2)cc1. The van der Waals surface area contributed by atoms with E-state index >= 15 is 0 Å². The molecule has 10 nitrogen and oxygen atoms in total. The Balaban J connectivity index is 1.13. The first kappa shape index (κ1) is 27.2. The fraction of sp³-hybridized carbons (Fsp3) is 0.161. The van der Waals surface area contributed by atoms with Crippen LogP contribution in [-0.2, 0) is 4.79 Å². The number of amides is 2. The highest BCUT2D eigenvalue weighted by molar-refractivity contribution is 6.01. The van der Waals surface area contributed by atoms with Crippen LogP contribution in [0.25, 0.3) is 17.4 Å². The summed E-state index contributed by atoms with van der Waals surface area (Å²) in [5.74, 6) is 1.12. The van der Waals surface area contributed by atoms with Crippen molar-refractivity contribution in [2.24, 2.45) is 0 Å². The summed E-state index contributed by atoms with van der Waals surface area (Å²) in [6.45, 7) is 2.63. The molecule has 1 fully saturated rings. The van der Waals surface area contributed by atoms with Gasteiger partial charge < -0.3 is 24.3 Å². The van der Waals surface area contributed by atoms with Crippen LogP contribution in [0.5, 0.6) is 5.75 Å². The second-order valence-electron chi connectivity index (χ2n) is 9.35. The Kier molecular flexibility index (Phi) is 8.10. The van der Waals surface area contributed by atoms with Crippen LogP contribution in [-0.4, -0.2) is 54.9 Å². The highest BCUT2D eigenvalue weighted by Crippen LogP contribution is 2.31. The van der Waals surface area contributed by atoms with Crippen molar-refractivity contribution in [3.05, 3.63) is 112 Å². The summed E-state index contributed by atoms with van der Waals surface area (Å²) in [5.41, 5.74) is 2.60. The van der Waals surface area contributed by atoms with E-state index in [0.29, 0.717) is 60.3 Å². The Labute approximate surface area is 236 Å². The molecule has 0 radical (unpaired) electrons. The summed E-state index contributed by atoms with van der Waals surface area (Å²) in [7, 11) is 1.59. The van der Waals surface area contributed by atoms with E-state index in [1.165, 1.54) is 18.2 Å². The Morgan fingerprint density at radius 1 is 0.927 bits per heavy atom. The molecule has 1 saturated heterocycles. The van der Waals surface area contributed by atoms with Crippen LogP contribution in [0, 0.1) is 10.1 Å². The van der Waals surface area contributed by atoms with Gasteiger partial charge in [-0.2, -0.15) is 0 Å². The number of anilines is 2. The molecule has 10 heteroatoms. The van der Waals surface area contributed by atoms with E-state index in [4.69, 9.17) is 9.15 Å². The zero-order chi connectivity index (χ0) is 28.8. The van der Waals surface area contributed by atoms with Crippen molar-refractivity contribution in [3.63, 3.8) is 0 Å². The first-order valence-corrected chi connectivity index (χ1v) is 13.0. The average molecular weight is 553 g/mol. The molecule has 2 amide bonds. The van der Waals surface area contributed by atoms with Gasteiger partial charge in [0.25, 0.3) is 11.6 Å². The van der Waals surface area contributed by atoms with Gasteiger partial charge in [0, 0.05) is 55.3 Å². The Morgan fingerprint density at radius 2 is 1.63 bits per heavy atom. The minimum Gasteiger partial charge on any atom is -0.497 e. The van der Waals surface area contributed by atoms with E-state index in [1.807, 2.05) is 29.2 Å². The Morgan fingerprint density at radius 3 is 2.32 bits per heavy atom. The molecule has 1 aliphatic rings.